The quantitative estimate of drug-likeness (QED) is 0.502. The first kappa shape index (κ1) is 11.2. The van der Waals surface area contributed by atoms with Crippen LogP contribution in [0, 0.1) is 10.8 Å². The van der Waals surface area contributed by atoms with E-state index in [1.165, 1.54) is 0 Å². The van der Waals surface area contributed by atoms with Gasteiger partial charge < -0.3 is 5.73 Å². The van der Waals surface area contributed by atoms with E-state index in [1.807, 2.05) is 0 Å². The minimum atomic E-state index is -4.70. The number of amidine groups is 1. The molecule has 0 spiro atoms. The molecule has 0 rings (SSSR count). The Morgan fingerprint density at radius 3 is 2.00 bits per heavy atom. The average molecular weight is 244 g/mol. The fraction of sp³-hybridized carbons (Fsp3) is 0.200. The van der Waals surface area contributed by atoms with Gasteiger partial charge in [0, 0.05) is 0 Å². The van der Waals surface area contributed by atoms with E-state index in [2.05, 4.69) is 15.9 Å². The normalized spacial score (nSPS) is 12.8. The predicted octanol–water partition coefficient (Wildman–Crippen LogP) is 1.78. The Labute approximate surface area is 74.6 Å². The number of hydrogen-bond acceptors (Lipinski definition) is 2. The van der Waals surface area contributed by atoms with Crippen LogP contribution in [-0.4, -0.2) is 17.7 Å². The van der Waals surface area contributed by atoms with E-state index in [9.17, 15) is 13.2 Å². The Balaban J connectivity index is 4.57. The second-order valence-corrected chi connectivity index (χ2v) is 2.67. The second-order valence-electron chi connectivity index (χ2n) is 1.82. The van der Waals surface area contributed by atoms with Gasteiger partial charge in [-0.05, 0) is 22.0 Å². The number of halogens is 4. The van der Waals surface area contributed by atoms with Crippen LogP contribution < -0.4 is 5.73 Å². The molecule has 0 bridgehead atoms. The van der Waals surface area contributed by atoms with Crippen LogP contribution in [0.4, 0.5) is 13.2 Å². The average Bonchev–Trinajstić information content (AvgIpc) is 1.85. The molecule has 0 aliphatic rings. The van der Waals surface area contributed by atoms with Crippen molar-refractivity contribution in [2.75, 3.05) is 0 Å². The van der Waals surface area contributed by atoms with E-state index in [1.54, 1.807) is 0 Å². The molecular formula is C5H5BrF3N3. The van der Waals surface area contributed by atoms with Gasteiger partial charge in [0.1, 0.15) is 11.5 Å². The molecule has 0 saturated carbocycles. The summed E-state index contributed by atoms with van der Waals surface area (Å²) < 4.78 is 34.8. The van der Waals surface area contributed by atoms with Crippen molar-refractivity contribution in [1.82, 2.24) is 0 Å². The summed E-state index contributed by atoms with van der Waals surface area (Å²) in [6.45, 7) is 0. The number of nitrogens with one attached hydrogen (secondary N) is 2. The summed E-state index contributed by atoms with van der Waals surface area (Å²) in [5.41, 5.74) is 3.28. The molecule has 68 valence electrons. The lowest BCUT2D eigenvalue weighted by molar-refractivity contribution is -0.0584. The zero-order chi connectivity index (χ0) is 9.94. The Hall–Kier alpha value is -0.850. The molecule has 0 aromatic heterocycles. The van der Waals surface area contributed by atoms with Crippen molar-refractivity contribution in [3.8, 4) is 0 Å². The van der Waals surface area contributed by atoms with E-state index in [0.717, 1.165) is 0 Å². The zero-order valence-electron chi connectivity index (χ0n) is 5.67. The van der Waals surface area contributed by atoms with Crippen LogP contribution in [0.1, 0.15) is 0 Å². The van der Waals surface area contributed by atoms with Crippen LogP contribution in [0.15, 0.2) is 10.6 Å². The van der Waals surface area contributed by atoms with Crippen LogP contribution in [0.2, 0.25) is 0 Å². The molecule has 0 aliphatic heterocycles. The third kappa shape index (κ3) is 3.51. The fourth-order valence-electron chi connectivity index (χ4n) is 0.286. The van der Waals surface area contributed by atoms with E-state index < -0.39 is 17.7 Å². The van der Waals surface area contributed by atoms with Crippen LogP contribution in [0.5, 0.6) is 0 Å². The van der Waals surface area contributed by atoms with Gasteiger partial charge in [-0.15, -0.1) is 0 Å². The van der Waals surface area contributed by atoms with Crippen molar-refractivity contribution in [2.45, 2.75) is 6.18 Å². The number of alkyl halides is 3. The standard InChI is InChI=1S/C5H5BrF3N3/c6-2(4(11)12)1-3(10)5(7,8)9/h1,10H,(H3,11,12)/b2-1+,10-3?. The van der Waals surface area contributed by atoms with Gasteiger partial charge in [-0.25, -0.2) is 0 Å². The van der Waals surface area contributed by atoms with Crippen molar-refractivity contribution in [3.63, 3.8) is 0 Å². The molecule has 0 fully saturated rings. The molecule has 3 nitrogen and oxygen atoms in total. The van der Waals surface area contributed by atoms with Gasteiger partial charge in [-0.1, -0.05) is 0 Å². The minimum absolute atomic E-state index is 0.259. The van der Waals surface area contributed by atoms with Crippen molar-refractivity contribution in [2.24, 2.45) is 5.73 Å². The third-order valence-electron chi connectivity index (χ3n) is 0.834. The lowest BCUT2D eigenvalue weighted by atomic mass is 10.3. The Kier molecular flexibility index (Phi) is 3.44. The molecule has 0 radical (unpaired) electrons. The van der Waals surface area contributed by atoms with Crippen molar-refractivity contribution in [3.05, 3.63) is 10.6 Å². The van der Waals surface area contributed by atoms with Crippen molar-refractivity contribution >= 4 is 27.5 Å². The first-order valence-electron chi connectivity index (χ1n) is 2.62. The molecule has 0 aromatic rings. The molecule has 0 aromatic carbocycles. The molecule has 7 heteroatoms. The van der Waals surface area contributed by atoms with E-state index in [-0.39, 0.29) is 4.48 Å². The summed E-state index contributed by atoms with van der Waals surface area (Å²) in [4.78, 5) is 0. The molecule has 0 atom stereocenters. The molecule has 0 saturated heterocycles. The summed E-state index contributed by atoms with van der Waals surface area (Å²) in [5.74, 6) is -0.552. The minimum Gasteiger partial charge on any atom is -0.383 e. The van der Waals surface area contributed by atoms with Crippen LogP contribution in [0.3, 0.4) is 0 Å². The smallest absolute Gasteiger partial charge is 0.383 e. The molecule has 4 N–H and O–H groups in total. The largest absolute Gasteiger partial charge is 0.432 e. The van der Waals surface area contributed by atoms with Gasteiger partial charge in [0.2, 0.25) is 0 Å². The first-order chi connectivity index (χ1) is 5.25. The van der Waals surface area contributed by atoms with Gasteiger partial charge >= 0.3 is 6.18 Å². The summed E-state index contributed by atoms with van der Waals surface area (Å²) in [5, 5.41) is 13.2. The van der Waals surface area contributed by atoms with Crippen molar-refractivity contribution in [1.29, 1.82) is 10.8 Å². The van der Waals surface area contributed by atoms with Gasteiger partial charge in [0.15, 0.2) is 0 Å². The Bertz CT molecular complexity index is 243. The van der Waals surface area contributed by atoms with Crippen LogP contribution >= 0.6 is 15.9 Å². The van der Waals surface area contributed by atoms with Gasteiger partial charge in [0.25, 0.3) is 0 Å². The van der Waals surface area contributed by atoms with Crippen LogP contribution in [-0.2, 0) is 0 Å². The maximum Gasteiger partial charge on any atom is 0.432 e. The highest BCUT2D eigenvalue weighted by molar-refractivity contribution is 9.12. The van der Waals surface area contributed by atoms with E-state index in [4.69, 9.17) is 16.6 Å². The molecule has 0 amide bonds. The van der Waals surface area contributed by atoms with Gasteiger partial charge in [-0.3, -0.25) is 10.8 Å². The summed E-state index contributed by atoms with van der Waals surface area (Å²) in [7, 11) is 0. The van der Waals surface area contributed by atoms with E-state index in [0.29, 0.717) is 6.08 Å². The fourth-order valence-corrected chi connectivity index (χ4v) is 0.515. The molecular weight excluding hydrogens is 239 g/mol. The summed E-state index contributed by atoms with van der Waals surface area (Å²) >= 11 is 2.61. The summed E-state index contributed by atoms with van der Waals surface area (Å²) in [6, 6.07) is 0. The highest BCUT2D eigenvalue weighted by Gasteiger charge is 2.32. The SMILES string of the molecule is N=C(N)/C(Br)=C\C(=N)C(F)(F)F. The maximum absolute atomic E-state index is 11.7. The third-order valence-corrected chi connectivity index (χ3v) is 1.49. The van der Waals surface area contributed by atoms with Gasteiger partial charge in [0.05, 0.1) is 4.48 Å². The van der Waals surface area contributed by atoms with Crippen LogP contribution in [0.25, 0.3) is 0 Å². The van der Waals surface area contributed by atoms with E-state index >= 15 is 0 Å². The molecule has 0 aliphatic carbocycles. The number of allylic oxidation sites excluding steroid dienone is 1. The number of rotatable bonds is 2. The second kappa shape index (κ2) is 3.70. The maximum atomic E-state index is 11.7. The monoisotopic (exact) mass is 243 g/mol. The lowest BCUT2D eigenvalue weighted by Gasteiger charge is -2.03. The molecule has 12 heavy (non-hydrogen) atoms. The Morgan fingerprint density at radius 2 is 1.75 bits per heavy atom. The number of hydrogen-bond donors (Lipinski definition) is 3. The molecule has 0 unspecified atom stereocenters. The first-order valence-corrected chi connectivity index (χ1v) is 3.41. The topological polar surface area (TPSA) is 73.7 Å². The lowest BCUT2D eigenvalue weighted by Crippen LogP contribution is -2.21. The zero-order valence-corrected chi connectivity index (χ0v) is 7.25. The number of nitrogens with two attached hydrogens (primary N) is 1. The Morgan fingerprint density at radius 1 is 1.33 bits per heavy atom. The highest BCUT2D eigenvalue weighted by Crippen LogP contribution is 2.18. The van der Waals surface area contributed by atoms with Crippen molar-refractivity contribution < 1.29 is 13.2 Å². The molecule has 0 heterocycles. The summed E-state index contributed by atoms with van der Waals surface area (Å²) in [6.07, 6.45) is -4.27. The van der Waals surface area contributed by atoms with Gasteiger partial charge in [-0.2, -0.15) is 13.2 Å². The highest BCUT2D eigenvalue weighted by atomic mass is 79.9. The predicted molar refractivity (Wildman–Crippen MR) is 42.7 cm³/mol.